The highest BCUT2D eigenvalue weighted by molar-refractivity contribution is 8.09. The number of hydrogen-bond donors (Lipinski definition) is 1. The standard InChI is InChI=1S/C15H24NO2PS/c1-5-11(3)13-7-8-15-14(9-13)10-17-19(20,18-15)16-12(4)6-2/h7-9,11-12H,5-6,10H2,1-4H3,(H,16,20). The molecule has 5 heteroatoms. The van der Waals surface area contributed by atoms with Crippen molar-refractivity contribution in [2.45, 2.75) is 59.1 Å². The summed E-state index contributed by atoms with van der Waals surface area (Å²) in [6, 6.07) is 6.67. The molecule has 0 saturated heterocycles. The van der Waals surface area contributed by atoms with E-state index < -0.39 is 6.64 Å². The Morgan fingerprint density at radius 2 is 2.05 bits per heavy atom. The summed E-state index contributed by atoms with van der Waals surface area (Å²) in [7, 11) is 0. The van der Waals surface area contributed by atoms with Crippen LogP contribution in [0.5, 0.6) is 5.75 Å². The van der Waals surface area contributed by atoms with E-state index >= 15 is 0 Å². The summed E-state index contributed by atoms with van der Waals surface area (Å²) in [5, 5.41) is 3.32. The molecule has 20 heavy (non-hydrogen) atoms. The van der Waals surface area contributed by atoms with Crippen LogP contribution in [0, 0.1) is 0 Å². The first kappa shape index (κ1) is 16.0. The van der Waals surface area contributed by atoms with Crippen molar-refractivity contribution >= 4 is 18.4 Å². The Balaban J connectivity index is 2.17. The molecule has 1 aliphatic heterocycles. The third-order valence-electron chi connectivity index (χ3n) is 3.87. The van der Waals surface area contributed by atoms with Gasteiger partial charge in [-0.2, -0.15) is 0 Å². The van der Waals surface area contributed by atoms with Crippen molar-refractivity contribution in [2.75, 3.05) is 0 Å². The minimum absolute atomic E-state index is 0.307. The van der Waals surface area contributed by atoms with E-state index in [1.54, 1.807) is 0 Å². The number of rotatable bonds is 5. The molecule has 3 atom stereocenters. The van der Waals surface area contributed by atoms with Crippen LogP contribution in [0.25, 0.3) is 0 Å². The fourth-order valence-corrected chi connectivity index (χ4v) is 4.67. The molecule has 0 aliphatic carbocycles. The third kappa shape index (κ3) is 3.62. The summed E-state index contributed by atoms with van der Waals surface area (Å²) >= 11 is 5.54. The van der Waals surface area contributed by atoms with E-state index in [-0.39, 0.29) is 0 Å². The van der Waals surface area contributed by atoms with Crippen LogP contribution in [0.1, 0.15) is 57.6 Å². The zero-order valence-electron chi connectivity index (χ0n) is 12.7. The number of hydrogen-bond acceptors (Lipinski definition) is 3. The Bertz CT molecular complexity index is 521. The van der Waals surface area contributed by atoms with Crippen molar-refractivity contribution in [3.05, 3.63) is 29.3 Å². The van der Waals surface area contributed by atoms with E-state index in [0.29, 0.717) is 18.6 Å². The van der Waals surface area contributed by atoms with Crippen molar-refractivity contribution in [1.29, 1.82) is 0 Å². The van der Waals surface area contributed by atoms with Gasteiger partial charge in [-0.1, -0.05) is 26.8 Å². The molecule has 1 heterocycles. The topological polar surface area (TPSA) is 30.5 Å². The average molecular weight is 313 g/mol. The van der Waals surface area contributed by atoms with Crippen LogP contribution >= 0.6 is 6.64 Å². The highest BCUT2D eigenvalue weighted by atomic mass is 32.5. The van der Waals surface area contributed by atoms with E-state index in [1.165, 1.54) is 5.56 Å². The molecule has 3 nitrogen and oxygen atoms in total. The van der Waals surface area contributed by atoms with Crippen LogP contribution in [-0.2, 0) is 22.9 Å². The van der Waals surface area contributed by atoms with Crippen LogP contribution in [0.2, 0.25) is 0 Å². The van der Waals surface area contributed by atoms with Gasteiger partial charge in [0.25, 0.3) is 0 Å². The Labute approximate surface area is 127 Å². The van der Waals surface area contributed by atoms with Crippen molar-refractivity contribution in [3.8, 4) is 5.75 Å². The lowest BCUT2D eigenvalue weighted by molar-refractivity contribution is 0.263. The van der Waals surface area contributed by atoms with E-state index in [1.807, 2.05) is 6.07 Å². The maximum atomic E-state index is 5.95. The average Bonchev–Trinajstić information content (AvgIpc) is 2.45. The first-order valence-electron chi connectivity index (χ1n) is 7.32. The summed E-state index contributed by atoms with van der Waals surface area (Å²) in [5.41, 5.74) is 2.44. The molecule has 0 amide bonds. The molecule has 3 unspecified atom stereocenters. The fourth-order valence-electron chi connectivity index (χ4n) is 2.08. The minimum Gasteiger partial charge on any atom is -0.432 e. The Hall–Kier alpha value is -0.410. The molecule has 0 saturated carbocycles. The van der Waals surface area contributed by atoms with Crippen molar-refractivity contribution in [3.63, 3.8) is 0 Å². The molecule has 0 aromatic heterocycles. The van der Waals surface area contributed by atoms with Crippen LogP contribution in [0.3, 0.4) is 0 Å². The lowest BCUT2D eigenvalue weighted by Gasteiger charge is -2.31. The van der Waals surface area contributed by atoms with Crippen molar-refractivity contribution in [1.82, 2.24) is 5.09 Å². The molecule has 1 aromatic carbocycles. The molecule has 2 rings (SSSR count). The monoisotopic (exact) mass is 313 g/mol. The first-order valence-corrected chi connectivity index (χ1v) is 9.96. The van der Waals surface area contributed by atoms with Crippen LogP contribution in [0.4, 0.5) is 0 Å². The first-order chi connectivity index (χ1) is 9.47. The van der Waals surface area contributed by atoms with E-state index in [0.717, 1.165) is 24.2 Å². The largest absolute Gasteiger partial charge is 0.432 e. The second-order valence-corrected chi connectivity index (χ2v) is 8.61. The fraction of sp³-hybridized carbons (Fsp3) is 0.600. The predicted molar refractivity (Wildman–Crippen MR) is 87.7 cm³/mol. The number of benzene rings is 1. The Morgan fingerprint density at radius 3 is 2.70 bits per heavy atom. The van der Waals surface area contributed by atoms with Gasteiger partial charge in [-0.3, -0.25) is 0 Å². The molecular formula is C15H24NO2PS. The van der Waals surface area contributed by atoms with E-state index in [2.05, 4.69) is 44.9 Å². The van der Waals surface area contributed by atoms with Crippen molar-refractivity contribution < 1.29 is 9.05 Å². The van der Waals surface area contributed by atoms with Gasteiger partial charge in [0.1, 0.15) is 5.75 Å². The summed E-state index contributed by atoms with van der Waals surface area (Å²) < 4.78 is 11.8. The third-order valence-corrected chi connectivity index (χ3v) is 6.38. The van der Waals surface area contributed by atoms with Gasteiger partial charge < -0.3 is 9.05 Å². The second kappa shape index (κ2) is 6.57. The van der Waals surface area contributed by atoms with Gasteiger partial charge in [0.15, 0.2) is 0 Å². The van der Waals surface area contributed by atoms with Gasteiger partial charge in [0.2, 0.25) is 0 Å². The van der Waals surface area contributed by atoms with Crippen LogP contribution in [0.15, 0.2) is 18.2 Å². The molecule has 0 radical (unpaired) electrons. The quantitative estimate of drug-likeness (QED) is 0.797. The molecule has 1 aromatic rings. The van der Waals surface area contributed by atoms with Gasteiger partial charge in [-0.15, -0.1) is 0 Å². The molecule has 1 N–H and O–H groups in total. The van der Waals surface area contributed by atoms with Gasteiger partial charge in [0, 0.05) is 11.6 Å². The maximum absolute atomic E-state index is 5.95. The van der Waals surface area contributed by atoms with E-state index in [9.17, 15) is 0 Å². The summed E-state index contributed by atoms with van der Waals surface area (Å²) in [5.74, 6) is 1.44. The van der Waals surface area contributed by atoms with Gasteiger partial charge in [-0.05, 0) is 55.2 Å². The Morgan fingerprint density at radius 1 is 1.30 bits per heavy atom. The SMILES string of the molecule is CCC(C)NP1(=S)OCc2cc(C(C)CC)ccc2O1. The summed E-state index contributed by atoms with van der Waals surface area (Å²) in [6.07, 6.45) is 2.14. The normalized spacial score (nSPS) is 24.6. The summed E-state index contributed by atoms with van der Waals surface area (Å²) in [6.45, 7) is 6.82. The molecule has 1 aliphatic rings. The lowest BCUT2D eigenvalue weighted by Crippen LogP contribution is -2.27. The highest BCUT2D eigenvalue weighted by Gasteiger charge is 2.29. The molecule has 0 bridgehead atoms. The van der Waals surface area contributed by atoms with Crippen molar-refractivity contribution in [2.24, 2.45) is 0 Å². The van der Waals surface area contributed by atoms with Crippen LogP contribution in [-0.4, -0.2) is 6.04 Å². The maximum Gasteiger partial charge on any atom is 0.313 e. The second-order valence-electron chi connectivity index (χ2n) is 5.48. The lowest BCUT2D eigenvalue weighted by atomic mass is 9.97. The molecule has 0 fully saturated rings. The predicted octanol–water partition coefficient (Wildman–Crippen LogP) is 4.72. The zero-order chi connectivity index (χ0) is 14.8. The van der Waals surface area contributed by atoms with E-state index in [4.69, 9.17) is 20.9 Å². The molecule has 0 spiro atoms. The highest BCUT2D eigenvalue weighted by Crippen LogP contribution is 2.51. The van der Waals surface area contributed by atoms with Gasteiger partial charge in [-0.25, -0.2) is 5.09 Å². The van der Waals surface area contributed by atoms with Gasteiger partial charge in [0.05, 0.1) is 6.61 Å². The molecule has 112 valence electrons. The van der Waals surface area contributed by atoms with Crippen LogP contribution < -0.4 is 9.61 Å². The van der Waals surface area contributed by atoms with Gasteiger partial charge >= 0.3 is 6.64 Å². The number of fused-ring (bicyclic) bond motifs is 1. The zero-order valence-corrected chi connectivity index (χ0v) is 14.4. The smallest absolute Gasteiger partial charge is 0.313 e. The summed E-state index contributed by atoms with van der Waals surface area (Å²) in [4.78, 5) is 0. The number of nitrogens with one attached hydrogen (secondary N) is 1. The minimum atomic E-state index is -2.38. The molecular weight excluding hydrogens is 289 g/mol. The Kier molecular flexibility index (Phi) is 5.25.